The highest BCUT2D eigenvalue weighted by Crippen LogP contribution is 2.29. The summed E-state index contributed by atoms with van der Waals surface area (Å²) in [6.45, 7) is 2.23. The number of hydrogen-bond acceptors (Lipinski definition) is 4. The van der Waals surface area contributed by atoms with Gasteiger partial charge in [0.25, 0.3) is 0 Å². The zero-order chi connectivity index (χ0) is 14.8. The van der Waals surface area contributed by atoms with Gasteiger partial charge in [-0.15, -0.1) is 0 Å². The molecule has 1 fully saturated rings. The first kappa shape index (κ1) is 15.1. The smallest absolute Gasteiger partial charge is 0.240 e. The Bertz CT molecular complexity index is 572. The molecule has 112 valence electrons. The molecule has 2 rings (SSSR count). The second-order valence-corrected chi connectivity index (χ2v) is 7.11. The molecule has 0 saturated heterocycles. The molecule has 0 heterocycles. The minimum Gasteiger partial charge on any atom is -0.398 e. The van der Waals surface area contributed by atoms with E-state index in [0.717, 1.165) is 24.4 Å². The molecule has 5 N–H and O–H groups in total. The number of primary sulfonamides is 1. The Kier molecular flexibility index (Phi) is 4.55. The molecule has 0 bridgehead atoms. The first-order valence-corrected chi connectivity index (χ1v) is 8.63. The summed E-state index contributed by atoms with van der Waals surface area (Å²) in [7, 11) is -3.75. The molecule has 0 aromatic heterocycles. The molecule has 1 saturated carbocycles. The van der Waals surface area contributed by atoms with Crippen molar-refractivity contribution in [2.75, 3.05) is 11.1 Å². The molecule has 1 aliphatic rings. The van der Waals surface area contributed by atoms with Crippen molar-refractivity contribution in [3.05, 3.63) is 18.2 Å². The molecule has 2 atom stereocenters. The van der Waals surface area contributed by atoms with Crippen LogP contribution >= 0.6 is 0 Å². The Morgan fingerprint density at radius 2 is 2.10 bits per heavy atom. The molecule has 0 amide bonds. The second kappa shape index (κ2) is 6.01. The van der Waals surface area contributed by atoms with E-state index in [1.165, 1.54) is 25.3 Å². The molecule has 1 aromatic carbocycles. The predicted molar refractivity (Wildman–Crippen MR) is 81.9 cm³/mol. The Morgan fingerprint density at radius 1 is 1.35 bits per heavy atom. The molecule has 2 unspecified atom stereocenters. The van der Waals surface area contributed by atoms with Gasteiger partial charge in [0.1, 0.15) is 4.90 Å². The lowest BCUT2D eigenvalue weighted by Gasteiger charge is -2.30. The molecule has 1 aromatic rings. The van der Waals surface area contributed by atoms with Crippen molar-refractivity contribution in [3.8, 4) is 0 Å². The highest BCUT2D eigenvalue weighted by atomic mass is 32.2. The average Bonchev–Trinajstić information content (AvgIpc) is 2.37. The summed E-state index contributed by atoms with van der Waals surface area (Å²) < 4.78 is 22.6. The maximum atomic E-state index is 11.3. The van der Waals surface area contributed by atoms with Crippen LogP contribution in [0.5, 0.6) is 0 Å². The van der Waals surface area contributed by atoms with Crippen LogP contribution in [0.4, 0.5) is 11.4 Å². The molecule has 0 radical (unpaired) electrons. The summed E-state index contributed by atoms with van der Waals surface area (Å²) >= 11 is 0. The zero-order valence-electron chi connectivity index (χ0n) is 11.8. The second-order valence-electron chi connectivity index (χ2n) is 5.58. The first-order chi connectivity index (χ1) is 9.40. The van der Waals surface area contributed by atoms with Gasteiger partial charge in [-0.3, -0.25) is 0 Å². The van der Waals surface area contributed by atoms with Crippen LogP contribution in [0.3, 0.4) is 0 Å². The number of rotatable bonds is 4. The van der Waals surface area contributed by atoms with E-state index in [-0.39, 0.29) is 10.6 Å². The number of anilines is 2. The quantitative estimate of drug-likeness (QED) is 0.743. The SMILES string of the molecule is CCC1CCCC(Nc2ccc(S(N)(=O)=O)c(N)c2)C1. The van der Waals surface area contributed by atoms with Gasteiger partial charge in [-0.1, -0.05) is 26.2 Å². The summed E-state index contributed by atoms with van der Waals surface area (Å²) in [6.07, 6.45) is 6.06. The largest absolute Gasteiger partial charge is 0.398 e. The van der Waals surface area contributed by atoms with Gasteiger partial charge in [-0.2, -0.15) is 0 Å². The van der Waals surface area contributed by atoms with Crippen molar-refractivity contribution >= 4 is 21.4 Å². The van der Waals surface area contributed by atoms with Crippen molar-refractivity contribution in [1.29, 1.82) is 0 Å². The topological polar surface area (TPSA) is 98.2 Å². The van der Waals surface area contributed by atoms with E-state index < -0.39 is 10.0 Å². The third kappa shape index (κ3) is 3.64. The maximum absolute atomic E-state index is 11.3. The lowest BCUT2D eigenvalue weighted by molar-refractivity contribution is 0.327. The van der Waals surface area contributed by atoms with Crippen molar-refractivity contribution in [2.24, 2.45) is 11.1 Å². The zero-order valence-corrected chi connectivity index (χ0v) is 12.6. The minimum absolute atomic E-state index is 0.0156. The van der Waals surface area contributed by atoms with Crippen LogP contribution in [0.25, 0.3) is 0 Å². The van der Waals surface area contributed by atoms with Crippen LogP contribution in [0.1, 0.15) is 39.0 Å². The molecular weight excluding hydrogens is 274 g/mol. The van der Waals surface area contributed by atoms with Gasteiger partial charge in [0.2, 0.25) is 10.0 Å². The van der Waals surface area contributed by atoms with Crippen molar-refractivity contribution < 1.29 is 8.42 Å². The fourth-order valence-corrected chi connectivity index (χ4v) is 3.57. The van der Waals surface area contributed by atoms with E-state index in [1.807, 2.05) is 0 Å². The molecule has 0 aliphatic heterocycles. The Morgan fingerprint density at radius 3 is 2.70 bits per heavy atom. The number of nitrogens with two attached hydrogens (primary N) is 2. The van der Waals surface area contributed by atoms with Crippen LogP contribution in [-0.4, -0.2) is 14.5 Å². The van der Waals surface area contributed by atoms with Gasteiger partial charge in [0.05, 0.1) is 5.69 Å². The predicted octanol–water partition coefficient (Wildman–Crippen LogP) is 2.30. The van der Waals surface area contributed by atoms with E-state index in [9.17, 15) is 8.42 Å². The lowest BCUT2D eigenvalue weighted by Crippen LogP contribution is -2.27. The van der Waals surface area contributed by atoms with Crippen LogP contribution in [0, 0.1) is 5.92 Å². The van der Waals surface area contributed by atoms with Gasteiger partial charge in [0, 0.05) is 11.7 Å². The first-order valence-electron chi connectivity index (χ1n) is 7.09. The van der Waals surface area contributed by atoms with Gasteiger partial charge in [0.15, 0.2) is 0 Å². The normalized spacial score (nSPS) is 23.5. The van der Waals surface area contributed by atoms with Gasteiger partial charge < -0.3 is 11.1 Å². The Balaban J connectivity index is 2.09. The monoisotopic (exact) mass is 297 g/mol. The molecule has 6 heteroatoms. The Labute approximate surface area is 120 Å². The van der Waals surface area contributed by atoms with Crippen LogP contribution in [0.2, 0.25) is 0 Å². The molecule has 1 aliphatic carbocycles. The number of sulfonamides is 1. The average molecular weight is 297 g/mol. The number of nitrogen functional groups attached to an aromatic ring is 1. The van der Waals surface area contributed by atoms with Crippen molar-refractivity contribution in [1.82, 2.24) is 0 Å². The van der Waals surface area contributed by atoms with Crippen molar-refractivity contribution in [3.63, 3.8) is 0 Å². The van der Waals surface area contributed by atoms with Crippen LogP contribution < -0.4 is 16.2 Å². The fraction of sp³-hybridized carbons (Fsp3) is 0.571. The number of nitrogens with one attached hydrogen (secondary N) is 1. The van der Waals surface area contributed by atoms with E-state index >= 15 is 0 Å². The van der Waals surface area contributed by atoms with Crippen LogP contribution in [-0.2, 0) is 10.0 Å². The van der Waals surface area contributed by atoms with Gasteiger partial charge in [-0.25, -0.2) is 13.6 Å². The van der Waals surface area contributed by atoms with E-state index in [2.05, 4.69) is 12.2 Å². The molecular formula is C14H23N3O2S. The van der Waals surface area contributed by atoms with Gasteiger partial charge in [-0.05, 0) is 37.0 Å². The molecule has 20 heavy (non-hydrogen) atoms. The molecule has 0 spiro atoms. The highest BCUT2D eigenvalue weighted by molar-refractivity contribution is 7.89. The third-order valence-electron chi connectivity index (χ3n) is 4.05. The molecule has 5 nitrogen and oxygen atoms in total. The summed E-state index contributed by atoms with van der Waals surface area (Å²) in [5.41, 5.74) is 6.82. The summed E-state index contributed by atoms with van der Waals surface area (Å²) in [5, 5.41) is 8.55. The lowest BCUT2D eigenvalue weighted by atomic mass is 9.84. The number of benzene rings is 1. The minimum atomic E-state index is -3.75. The van der Waals surface area contributed by atoms with Crippen molar-refractivity contribution in [2.45, 2.75) is 50.0 Å². The number of hydrogen-bond donors (Lipinski definition) is 3. The standard InChI is InChI=1S/C14H23N3O2S/c1-2-10-4-3-5-11(8-10)17-12-6-7-14(13(15)9-12)20(16,18)19/h6-7,9-11,17H,2-5,8,15H2,1H3,(H2,16,18,19). The summed E-state index contributed by atoms with van der Waals surface area (Å²) in [4.78, 5) is -0.0156. The van der Waals surface area contributed by atoms with Crippen LogP contribution in [0.15, 0.2) is 23.1 Å². The van der Waals surface area contributed by atoms with Gasteiger partial charge >= 0.3 is 0 Å². The summed E-state index contributed by atoms with van der Waals surface area (Å²) in [6, 6.07) is 5.28. The summed E-state index contributed by atoms with van der Waals surface area (Å²) in [5.74, 6) is 0.780. The third-order valence-corrected chi connectivity index (χ3v) is 5.03. The fourth-order valence-electron chi connectivity index (χ4n) is 2.93. The maximum Gasteiger partial charge on any atom is 0.240 e. The van der Waals surface area contributed by atoms with E-state index in [1.54, 1.807) is 12.1 Å². The highest BCUT2D eigenvalue weighted by Gasteiger charge is 2.21. The van der Waals surface area contributed by atoms with E-state index in [0.29, 0.717) is 6.04 Å². The van der Waals surface area contributed by atoms with E-state index in [4.69, 9.17) is 10.9 Å². The Hall–Kier alpha value is -1.27.